The first-order chi connectivity index (χ1) is 14.6. The number of rotatable bonds is 6. The van der Waals surface area contributed by atoms with Crippen molar-refractivity contribution in [2.45, 2.75) is 13.0 Å². The second kappa shape index (κ2) is 7.98. The molecule has 0 saturated heterocycles. The molecule has 0 atom stereocenters. The molecule has 3 aromatic rings. The van der Waals surface area contributed by atoms with E-state index in [4.69, 9.17) is 18.9 Å². The number of nitrogens with one attached hydrogen (secondary N) is 1. The van der Waals surface area contributed by atoms with Gasteiger partial charge < -0.3 is 24.3 Å². The van der Waals surface area contributed by atoms with Crippen molar-refractivity contribution >= 4 is 11.5 Å². The SMILES string of the molecule is COc1ccc(OC)c(Nc2cc3n(c(=O)n2)CCc2cc(OC)c(OC)cc2-3)c1. The van der Waals surface area contributed by atoms with Crippen molar-refractivity contribution < 1.29 is 18.9 Å². The van der Waals surface area contributed by atoms with Crippen LogP contribution in [0.2, 0.25) is 0 Å². The predicted octanol–water partition coefficient (Wildman–Crippen LogP) is 3.24. The van der Waals surface area contributed by atoms with Gasteiger partial charge in [0.1, 0.15) is 17.3 Å². The third-order valence-corrected chi connectivity index (χ3v) is 5.17. The first kappa shape index (κ1) is 19.6. The summed E-state index contributed by atoms with van der Waals surface area (Å²) in [6.45, 7) is 0.548. The summed E-state index contributed by atoms with van der Waals surface area (Å²) in [5.41, 5.74) is 3.10. The highest BCUT2D eigenvalue weighted by Crippen LogP contribution is 2.39. The lowest BCUT2D eigenvalue weighted by molar-refractivity contribution is 0.354. The molecular weight excluding hydrogens is 386 g/mol. The van der Waals surface area contributed by atoms with E-state index in [1.165, 1.54) is 0 Å². The number of nitrogens with zero attached hydrogens (tertiary/aromatic N) is 2. The molecule has 1 aromatic heterocycles. The van der Waals surface area contributed by atoms with E-state index >= 15 is 0 Å². The van der Waals surface area contributed by atoms with Gasteiger partial charge in [0.05, 0.1) is 39.8 Å². The van der Waals surface area contributed by atoms with Gasteiger partial charge >= 0.3 is 5.69 Å². The van der Waals surface area contributed by atoms with Gasteiger partial charge in [-0.15, -0.1) is 0 Å². The number of fused-ring (bicyclic) bond motifs is 3. The molecule has 0 amide bonds. The largest absolute Gasteiger partial charge is 0.497 e. The summed E-state index contributed by atoms with van der Waals surface area (Å²) < 4.78 is 23.2. The van der Waals surface area contributed by atoms with Gasteiger partial charge in [-0.1, -0.05) is 0 Å². The average molecular weight is 409 g/mol. The maximum absolute atomic E-state index is 12.7. The highest BCUT2D eigenvalue weighted by atomic mass is 16.5. The first-order valence-corrected chi connectivity index (χ1v) is 9.44. The Morgan fingerprint density at radius 2 is 1.63 bits per heavy atom. The maximum Gasteiger partial charge on any atom is 0.350 e. The van der Waals surface area contributed by atoms with Gasteiger partial charge in [0.15, 0.2) is 11.5 Å². The van der Waals surface area contributed by atoms with Crippen LogP contribution in [-0.4, -0.2) is 38.0 Å². The Hall–Kier alpha value is -3.68. The van der Waals surface area contributed by atoms with E-state index in [2.05, 4.69) is 10.3 Å². The van der Waals surface area contributed by atoms with Crippen LogP contribution in [0.15, 0.2) is 41.2 Å². The van der Waals surface area contributed by atoms with Gasteiger partial charge in [-0.2, -0.15) is 4.98 Å². The van der Waals surface area contributed by atoms with Crippen LogP contribution in [-0.2, 0) is 13.0 Å². The lowest BCUT2D eigenvalue weighted by Crippen LogP contribution is -2.28. The van der Waals surface area contributed by atoms with Gasteiger partial charge in [-0.3, -0.25) is 4.57 Å². The van der Waals surface area contributed by atoms with E-state index < -0.39 is 0 Å². The van der Waals surface area contributed by atoms with E-state index in [-0.39, 0.29) is 5.69 Å². The van der Waals surface area contributed by atoms with E-state index in [1.807, 2.05) is 18.2 Å². The van der Waals surface area contributed by atoms with Crippen LogP contribution in [0.1, 0.15) is 5.56 Å². The third kappa shape index (κ3) is 3.41. The summed E-state index contributed by atoms with van der Waals surface area (Å²) in [5, 5.41) is 3.19. The number of benzene rings is 2. The number of aryl methyl sites for hydroxylation is 1. The lowest BCUT2D eigenvalue weighted by atomic mass is 9.97. The summed E-state index contributed by atoms with van der Waals surface area (Å²) >= 11 is 0. The molecule has 8 heteroatoms. The monoisotopic (exact) mass is 409 g/mol. The standard InChI is InChI=1S/C22H23N3O5/c1-27-14-5-6-18(28-2)16(10-14)23-21-12-17-15-11-20(30-4)19(29-3)9-13(15)7-8-25(17)22(26)24-21/h5-6,9-12H,7-8H2,1-4H3,(H,23,24,26). The molecule has 0 unspecified atom stereocenters. The summed E-state index contributed by atoms with van der Waals surface area (Å²) in [7, 11) is 6.37. The smallest absolute Gasteiger partial charge is 0.350 e. The molecule has 0 saturated carbocycles. The van der Waals surface area contributed by atoms with E-state index in [9.17, 15) is 4.79 Å². The highest BCUT2D eigenvalue weighted by molar-refractivity contribution is 5.74. The minimum atomic E-state index is -0.322. The van der Waals surface area contributed by atoms with Crippen molar-refractivity contribution in [1.29, 1.82) is 0 Å². The highest BCUT2D eigenvalue weighted by Gasteiger charge is 2.22. The van der Waals surface area contributed by atoms with Gasteiger partial charge in [-0.05, 0) is 36.2 Å². The zero-order chi connectivity index (χ0) is 21.3. The number of anilines is 2. The quantitative estimate of drug-likeness (QED) is 0.669. The van der Waals surface area contributed by atoms with Crippen molar-refractivity contribution in [1.82, 2.24) is 9.55 Å². The molecule has 0 fully saturated rings. The van der Waals surface area contributed by atoms with E-state index in [0.717, 1.165) is 16.8 Å². The molecule has 0 spiro atoms. The number of methoxy groups -OCH3 is 4. The average Bonchev–Trinajstić information content (AvgIpc) is 2.77. The van der Waals surface area contributed by atoms with Crippen LogP contribution >= 0.6 is 0 Å². The van der Waals surface area contributed by atoms with Crippen LogP contribution in [0, 0.1) is 0 Å². The molecule has 156 valence electrons. The normalized spacial score (nSPS) is 11.9. The number of hydrogen-bond donors (Lipinski definition) is 1. The first-order valence-electron chi connectivity index (χ1n) is 9.44. The molecule has 2 heterocycles. The molecule has 0 aliphatic carbocycles. The fourth-order valence-electron chi connectivity index (χ4n) is 3.66. The van der Waals surface area contributed by atoms with Gasteiger partial charge in [-0.25, -0.2) is 4.79 Å². The Kier molecular flexibility index (Phi) is 5.22. The van der Waals surface area contributed by atoms with Crippen LogP contribution in [0.3, 0.4) is 0 Å². The second-order valence-electron chi connectivity index (χ2n) is 6.77. The van der Waals surface area contributed by atoms with Gasteiger partial charge in [0.25, 0.3) is 0 Å². The zero-order valence-corrected chi connectivity index (χ0v) is 17.3. The molecule has 30 heavy (non-hydrogen) atoms. The molecular formula is C22H23N3O5. The maximum atomic E-state index is 12.7. The Morgan fingerprint density at radius 3 is 2.33 bits per heavy atom. The van der Waals surface area contributed by atoms with Crippen molar-refractivity contribution in [3.05, 3.63) is 52.4 Å². The van der Waals surface area contributed by atoms with Crippen molar-refractivity contribution in [3.63, 3.8) is 0 Å². The van der Waals surface area contributed by atoms with Crippen LogP contribution < -0.4 is 30.0 Å². The van der Waals surface area contributed by atoms with Gasteiger partial charge in [0, 0.05) is 24.2 Å². The van der Waals surface area contributed by atoms with Crippen LogP contribution in [0.25, 0.3) is 11.3 Å². The summed E-state index contributed by atoms with van der Waals surface area (Å²) in [5.74, 6) is 2.97. The second-order valence-corrected chi connectivity index (χ2v) is 6.77. The number of hydrogen-bond acceptors (Lipinski definition) is 7. The summed E-state index contributed by atoms with van der Waals surface area (Å²) in [4.78, 5) is 16.9. The summed E-state index contributed by atoms with van der Waals surface area (Å²) in [6, 6.07) is 11.1. The Balaban J connectivity index is 1.81. The van der Waals surface area contributed by atoms with Crippen molar-refractivity contribution in [2.24, 2.45) is 0 Å². The molecule has 1 aliphatic rings. The lowest BCUT2D eigenvalue weighted by Gasteiger charge is -2.23. The van der Waals surface area contributed by atoms with Crippen LogP contribution in [0.5, 0.6) is 23.0 Å². The van der Waals surface area contributed by atoms with Crippen molar-refractivity contribution in [2.75, 3.05) is 33.8 Å². The molecule has 1 N–H and O–H groups in total. The fraction of sp³-hybridized carbons (Fsp3) is 0.273. The Morgan fingerprint density at radius 1 is 0.900 bits per heavy atom. The minimum absolute atomic E-state index is 0.322. The molecule has 0 bridgehead atoms. The van der Waals surface area contributed by atoms with Gasteiger partial charge in [0.2, 0.25) is 0 Å². The minimum Gasteiger partial charge on any atom is -0.497 e. The Bertz CT molecular complexity index is 1160. The van der Waals surface area contributed by atoms with E-state index in [0.29, 0.717) is 47.5 Å². The van der Waals surface area contributed by atoms with Crippen molar-refractivity contribution in [3.8, 4) is 34.3 Å². The molecule has 2 aromatic carbocycles. The topological polar surface area (TPSA) is 83.8 Å². The zero-order valence-electron chi connectivity index (χ0n) is 17.3. The summed E-state index contributed by atoms with van der Waals surface area (Å²) in [6.07, 6.45) is 0.709. The fourth-order valence-corrected chi connectivity index (χ4v) is 3.66. The van der Waals surface area contributed by atoms with Crippen LogP contribution in [0.4, 0.5) is 11.5 Å². The Labute approximate surface area is 174 Å². The number of ether oxygens (including phenoxy) is 4. The third-order valence-electron chi connectivity index (χ3n) is 5.17. The molecule has 0 radical (unpaired) electrons. The van der Waals surface area contributed by atoms with E-state index in [1.54, 1.807) is 51.2 Å². The molecule has 8 nitrogen and oxygen atoms in total. The number of aromatic nitrogens is 2. The molecule has 4 rings (SSSR count). The molecule has 1 aliphatic heterocycles. The predicted molar refractivity (Wildman–Crippen MR) is 114 cm³/mol.